The summed E-state index contributed by atoms with van der Waals surface area (Å²) >= 11 is 4.19. The van der Waals surface area contributed by atoms with E-state index in [1.54, 1.807) is 0 Å². The van der Waals surface area contributed by atoms with Crippen LogP contribution in [0.5, 0.6) is 0 Å². The SMILES string of the molecule is CC(C)c1nc(C(C)S)ncc1F. The lowest BCUT2D eigenvalue weighted by atomic mass is 10.1. The molecule has 72 valence electrons. The van der Waals surface area contributed by atoms with Crippen LogP contribution in [0.3, 0.4) is 0 Å². The highest BCUT2D eigenvalue weighted by atomic mass is 32.1. The van der Waals surface area contributed by atoms with Crippen molar-refractivity contribution in [1.29, 1.82) is 0 Å². The van der Waals surface area contributed by atoms with Gasteiger partial charge in [0.2, 0.25) is 0 Å². The van der Waals surface area contributed by atoms with Gasteiger partial charge in [-0.2, -0.15) is 12.6 Å². The molecule has 4 heteroatoms. The summed E-state index contributed by atoms with van der Waals surface area (Å²) in [5.41, 5.74) is 0.464. The molecular formula is C9H13FN2S. The standard InChI is InChI=1S/C9H13FN2S/c1-5(2)8-7(10)4-11-9(12-8)6(3)13/h4-6,13H,1-3H3. The summed E-state index contributed by atoms with van der Waals surface area (Å²) in [7, 11) is 0. The van der Waals surface area contributed by atoms with E-state index in [1.807, 2.05) is 20.8 Å². The molecule has 0 aliphatic carbocycles. The van der Waals surface area contributed by atoms with Crippen molar-refractivity contribution in [2.45, 2.75) is 31.9 Å². The quantitative estimate of drug-likeness (QED) is 0.743. The van der Waals surface area contributed by atoms with Crippen LogP contribution >= 0.6 is 12.6 Å². The van der Waals surface area contributed by atoms with Gasteiger partial charge in [-0.3, -0.25) is 0 Å². The molecule has 1 aromatic rings. The maximum absolute atomic E-state index is 13.1. The molecular weight excluding hydrogens is 187 g/mol. The van der Waals surface area contributed by atoms with Gasteiger partial charge in [-0.25, -0.2) is 14.4 Å². The zero-order valence-corrected chi connectivity index (χ0v) is 8.85. The Hall–Kier alpha value is -0.640. The maximum Gasteiger partial charge on any atom is 0.163 e. The van der Waals surface area contributed by atoms with Crippen LogP contribution in [0, 0.1) is 5.82 Å². The first-order valence-corrected chi connectivity index (χ1v) is 4.74. The largest absolute Gasteiger partial charge is 0.237 e. The minimum absolute atomic E-state index is 0.0573. The van der Waals surface area contributed by atoms with Crippen molar-refractivity contribution in [2.24, 2.45) is 0 Å². The van der Waals surface area contributed by atoms with E-state index in [2.05, 4.69) is 22.6 Å². The van der Waals surface area contributed by atoms with Gasteiger partial charge in [0, 0.05) is 0 Å². The highest BCUT2D eigenvalue weighted by Crippen LogP contribution is 2.19. The van der Waals surface area contributed by atoms with Gasteiger partial charge in [0.25, 0.3) is 0 Å². The second-order valence-electron chi connectivity index (χ2n) is 3.29. The molecule has 0 saturated carbocycles. The molecule has 0 bridgehead atoms. The van der Waals surface area contributed by atoms with E-state index in [4.69, 9.17) is 0 Å². The fourth-order valence-electron chi connectivity index (χ4n) is 1.00. The molecule has 1 rings (SSSR count). The molecule has 0 aromatic carbocycles. The van der Waals surface area contributed by atoms with Gasteiger partial charge in [-0.05, 0) is 12.8 Å². The number of nitrogens with zero attached hydrogens (tertiary/aromatic N) is 2. The molecule has 0 N–H and O–H groups in total. The third kappa shape index (κ3) is 2.40. The Morgan fingerprint density at radius 1 is 1.38 bits per heavy atom. The Kier molecular flexibility index (Phi) is 3.25. The molecule has 0 aliphatic heterocycles. The minimum atomic E-state index is -0.340. The van der Waals surface area contributed by atoms with Gasteiger partial charge in [-0.1, -0.05) is 13.8 Å². The first-order valence-electron chi connectivity index (χ1n) is 4.22. The van der Waals surface area contributed by atoms with Gasteiger partial charge in [-0.15, -0.1) is 0 Å². The van der Waals surface area contributed by atoms with Gasteiger partial charge in [0.1, 0.15) is 5.82 Å². The molecule has 0 saturated heterocycles. The van der Waals surface area contributed by atoms with Crippen LogP contribution in [-0.4, -0.2) is 9.97 Å². The molecule has 0 fully saturated rings. The molecule has 2 nitrogen and oxygen atoms in total. The van der Waals surface area contributed by atoms with E-state index in [0.29, 0.717) is 11.5 Å². The summed E-state index contributed by atoms with van der Waals surface area (Å²) in [5, 5.41) is -0.0573. The van der Waals surface area contributed by atoms with Gasteiger partial charge in [0.15, 0.2) is 5.82 Å². The predicted octanol–water partition coefficient (Wildman–Crippen LogP) is 2.73. The van der Waals surface area contributed by atoms with E-state index in [1.165, 1.54) is 6.20 Å². The molecule has 13 heavy (non-hydrogen) atoms. The molecule has 1 atom stereocenters. The van der Waals surface area contributed by atoms with Crippen molar-refractivity contribution < 1.29 is 4.39 Å². The lowest BCUT2D eigenvalue weighted by Crippen LogP contribution is -2.04. The highest BCUT2D eigenvalue weighted by Gasteiger charge is 2.12. The molecule has 0 aliphatic rings. The second kappa shape index (κ2) is 4.05. The van der Waals surface area contributed by atoms with Crippen LogP contribution in [0.15, 0.2) is 6.20 Å². The lowest BCUT2D eigenvalue weighted by Gasteiger charge is -2.08. The number of hydrogen-bond donors (Lipinski definition) is 1. The van der Waals surface area contributed by atoms with E-state index < -0.39 is 0 Å². The van der Waals surface area contributed by atoms with Crippen LogP contribution in [-0.2, 0) is 0 Å². The van der Waals surface area contributed by atoms with Crippen molar-refractivity contribution in [3.8, 4) is 0 Å². The predicted molar refractivity (Wildman–Crippen MR) is 53.5 cm³/mol. The molecule has 1 heterocycles. The molecule has 1 unspecified atom stereocenters. The van der Waals surface area contributed by atoms with Gasteiger partial charge in [0.05, 0.1) is 17.1 Å². The summed E-state index contributed by atoms with van der Waals surface area (Å²) < 4.78 is 13.1. The Morgan fingerprint density at radius 2 is 2.00 bits per heavy atom. The van der Waals surface area contributed by atoms with E-state index in [-0.39, 0.29) is 17.0 Å². The van der Waals surface area contributed by atoms with Crippen LogP contribution in [0.25, 0.3) is 0 Å². The highest BCUT2D eigenvalue weighted by molar-refractivity contribution is 7.80. The summed E-state index contributed by atoms with van der Waals surface area (Å²) in [4.78, 5) is 7.97. The number of rotatable bonds is 2. The zero-order valence-electron chi connectivity index (χ0n) is 7.95. The van der Waals surface area contributed by atoms with Gasteiger partial charge >= 0.3 is 0 Å². The number of halogens is 1. The van der Waals surface area contributed by atoms with E-state index >= 15 is 0 Å². The first-order chi connectivity index (χ1) is 6.02. The molecule has 1 aromatic heterocycles. The smallest absolute Gasteiger partial charge is 0.163 e. The van der Waals surface area contributed by atoms with Crippen molar-refractivity contribution in [2.75, 3.05) is 0 Å². The lowest BCUT2D eigenvalue weighted by molar-refractivity contribution is 0.570. The van der Waals surface area contributed by atoms with E-state index in [9.17, 15) is 4.39 Å². The number of hydrogen-bond acceptors (Lipinski definition) is 3. The third-order valence-electron chi connectivity index (χ3n) is 1.71. The Bertz CT molecular complexity index is 300. The maximum atomic E-state index is 13.1. The number of aromatic nitrogens is 2. The van der Waals surface area contributed by atoms with Crippen LogP contribution in [0.4, 0.5) is 4.39 Å². The van der Waals surface area contributed by atoms with Gasteiger partial charge < -0.3 is 0 Å². The summed E-state index contributed by atoms with van der Waals surface area (Å²) in [6, 6.07) is 0. The monoisotopic (exact) mass is 200 g/mol. The normalized spacial score (nSPS) is 13.4. The average molecular weight is 200 g/mol. The summed E-state index contributed by atoms with van der Waals surface area (Å²) in [6.45, 7) is 5.66. The Morgan fingerprint density at radius 3 is 2.46 bits per heavy atom. The van der Waals surface area contributed by atoms with Crippen molar-refractivity contribution in [3.05, 3.63) is 23.5 Å². The summed E-state index contributed by atoms with van der Waals surface area (Å²) in [6.07, 6.45) is 1.21. The Balaban J connectivity index is 3.11. The van der Waals surface area contributed by atoms with Crippen LogP contribution in [0.1, 0.15) is 43.5 Å². The fraction of sp³-hybridized carbons (Fsp3) is 0.556. The van der Waals surface area contributed by atoms with Crippen molar-refractivity contribution in [1.82, 2.24) is 9.97 Å². The topological polar surface area (TPSA) is 25.8 Å². The Labute approximate surface area is 83.0 Å². The summed E-state index contributed by atoms with van der Waals surface area (Å²) in [5.74, 6) is 0.315. The minimum Gasteiger partial charge on any atom is -0.237 e. The molecule has 0 spiro atoms. The number of thiol groups is 1. The third-order valence-corrected chi connectivity index (χ3v) is 1.94. The average Bonchev–Trinajstić information content (AvgIpc) is 2.04. The second-order valence-corrected chi connectivity index (χ2v) is 4.07. The first kappa shape index (κ1) is 10.4. The fourth-order valence-corrected chi connectivity index (χ4v) is 1.13. The zero-order chi connectivity index (χ0) is 10.0. The van der Waals surface area contributed by atoms with Crippen LogP contribution in [0.2, 0.25) is 0 Å². The molecule has 0 radical (unpaired) electrons. The van der Waals surface area contributed by atoms with Crippen molar-refractivity contribution in [3.63, 3.8) is 0 Å². The molecule has 0 amide bonds. The van der Waals surface area contributed by atoms with Crippen LogP contribution < -0.4 is 0 Å². The van der Waals surface area contributed by atoms with Crippen molar-refractivity contribution >= 4 is 12.6 Å². The van der Waals surface area contributed by atoms with E-state index in [0.717, 1.165) is 0 Å².